The number of hydrogen-bond donors (Lipinski definition) is 1. The van der Waals surface area contributed by atoms with Crippen LogP contribution in [0.25, 0.3) is 0 Å². The summed E-state index contributed by atoms with van der Waals surface area (Å²) in [4.78, 5) is 0. The van der Waals surface area contributed by atoms with Gasteiger partial charge in [-0.15, -0.1) is 12.4 Å². The molecule has 1 aliphatic rings. The first kappa shape index (κ1) is 21.6. The Kier molecular flexibility index (Phi) is 8.96. The van der Waals surface area contributed by atoms with Crippen molar-refractivity contribution in [1.82, 2.24) is 5.32 Å². The third kappa shape index (κ3) is 6.44. The lowest BCUT2D eigenvalue weighted by Gasteiger charge is -2.24. The fourth-order valence-corrected chi connectivity index (χ4v) is 3.53. The summed E-state index contributed by atoms with van der Waals surface area (Å²) in [6, 6.07) is 15.3. The second-order valence-electron chi connectivity index (χ2n) is 7.17. The Balaban J connectivity index is 0.00000261. The first-order valence-corrected chi connectivity index (χ1v) is 9.92. The highest BCUT2D eigenvalue weighted by atomic mass is 35.5. The molecule has 4 heteroatoms. The Hall–Kier alpha value is -1.71. The minimum atomic E-state index is 0. The van der Waals surface area contributed by atoms with E-state index in [0.29, 0.717) is 19.3 Å². The van der Waals surface area contributed by atoms with E-state index in [2.05, 4.69) is 48.6 Å². The molecule has 2 aromatic rings. The second-order valence-corrected chi connectivity index (χ2v) is 7.17. The second kappa shape index (κ2) is 11.2. The van der Waals surface area contributed by atoms with E-state index in [9.17, 15) is 0 Å². The molecule has 0 saturated heterocycles. The molecule has 0 heterocycles. The Labute approximate surface area is 169 Å². The highest BCUT2D eigenvalue weighted by Gasteiger charge is 2.16. The Morgan fingerprint density at radius 2 is 1.70 bits per heavy atom. The quantitative estimate of drug-likeness (QED) is 0.617. The maximum absolute atomic E-state index is 6.22. The molecule has 1 aliphatic carbocycles. The van der Waals surface area contributed by atoms with Gasteiger partial charge in [-0.25, -0.2) is 0 Å². The number of hydrogen-bond acceptors (Lipinski definition) is 3. The molecule has 0 aromatic heterocycles. The van der Waals surface area contributed by atoms with Crippen molar-refractivity contribution in [2.24, 2.45) is 0 Å². The van der Waals surface area contributed by atoms with Crippen LogP contribution in [0.2, 0.25) is 0 Å². The molecule has 0 aliphatic heterocycles. The van der Waals surface area contributed by atoms with Gasteiger partial charge in [-0.2, -0.15) is 0 Å². The summed E-state index contributed by atoms with van der Waals surface area (Å²) in [5.41, 5.74) is 3.61. The van der Waals surface area contributed by atoms with E-state index in [1.54, 1.807) is 0 Å². The predicted octanol–water partition coefficient (Wildman–Crippen LogP) is 5.82. The fraction of sp³-hybridized carbons (Fsp3) is 0.478. The lowest BCUT2D eigenvalue weighted by molar-refractivity contribution is 0.265. The van der Waals surface area contributed by atoms with Crippen molar-refractivity contribution in [2.75, 3.05) is 6.61 Å². The minimum absolute atomic E-state index is 0. The fourth-order valence-electron chi connectivity index (χ4n) is 3.53. The van der Waals surface area contributed by atoms with Crippen molar-refractivity contribution in [3.05, 3.63) is 59.2 Å². The summed E-state index contributed by atoms with van der Waals surface area (Å²) in [6.45, 7) is 6.14. The van der Waals surface area contributed by atoms with Crippen LogP contribution in [-0.2, 0) is 13.2 Å². The standard InChI is InChI=1S/C23H31NO2.ClH/c1-3-25-22-11-7-8-20(16-24-21-9-5-4-6-10-21)23(22)26-17-19-14-12-18(2)13-15-19;/h7-8,11-15,21,24H,3-6,9-10,16-17H2,1-2H3;1H. The van der Waals surface area contributed by atoms with E-state index in [0.717, 1.165) is 18.0 Å². The first-order chi connectivity index (χ1) is 12.8. The van der Waals surface area contributed by atoms with E-state index in [1.807, 2.05) is 13.0 Å². The maximum Gasteiger partial charge on any atom is 0.166 e. The minimum Gasteiger partial charge on any atom is -0.490 e. The molecule has 3 nitrogen and oxygen atoms in total. The zero-order valence-electron chi connectivity index (χ0n) is 16.5. The van der Waals surface area contributed by atoms with Crippen molar-refractivity contribution < 1.29 is 9.47 Å². The molecule has 1 N–H and O–H groups in total. The van der Waals surface area contributed by atoms with Crippen molar-refractivity contribution in [3.8, 4) is 11.5 Å². The van der Waals surface area contributed by atoms with Gasteiger partial charge in [0, 0.05) is 18.2 Å². The topological polar surface area (TPSA) is 30.5 Å². The zero-order chi connectivity index (χ0) is 18.2. The molecule has 0 spiro atoms. The molecule has 0 bridgehead atoms. The third-order valence-electron chi connectivity index (χ3n) is 5.05. The maximum atomic E-state index is 6.22. The summed E-state index contributed by atoms with van der Waals surface area (Å²) in [5.74, 6) is 1.71. The van der Waals surface area contributed by atoms with Gasteiger partial charge in [-0.1, -0.05) is 61.2 Å². The van der Waals surface area contributed by atoms with E-state index in [4.69, 9.17) is 9.47 Å². The van der Waals surface area contributed by atoms with Crippen molar-refractivity contribution in [3.63, 3.8) is 0 Å². The number of benzene rings is 2. The number of halogens is 1. The number of aryl methyl sites for hydroxylation is 1. The molecule has 3 rings (SSSR count). The Morgan fingerprint density at radius 3 is 2.41 bits per heavy atom. The van der Waals surface area contributed by atoms with E-state index in [1.165, 1.54) is 48.8 Å². The molecule has 2 aromatic carbocycles. The largest absolute Gasteiger partial charge is 0.490 e. The van der Waals surface area contributed by atoms with Gasteiger partial charge in [0.1, 0.15) is 6.61 Å². The van der Waals surface area contributed by atoms with Crippen LogP contribution in [0.4, 0.5) is 0 Å². The van der Waals surface area contributed by atoms with Crippen LogP contribution in [0.1, 0.15) is 55.7 Å². The van der Waals surface area contributed by atoms with Gasteiger partial charge in [0.25, 0.3) is 0 Å². The molecule has 0 unspecified atom stereocenters. The summed E-state index contributed by atoms with van der Waals surface area (Å²) in [5, 5.41) is 3.72. The molecule has 1 fully saturated rings. The molecule has 0 amide bonds. The Morgan fingerprint density at radius 1 is 0.963 bits per heavy atom. The highest BCUT2D eigenvalue weighted by Crippen LogP contribution is 2.32. The molecular weight excluding hydrogens is 358 g/mol. The van der Waals surface area contributed by atoms with Crippen LogP contribution >= 0.6 is 12.4 Å². The van der Waals surface area contributed by atoms with Gasteiger partial charge in [0.2, 0.25) is 0 Å². The summed E-state index contributed by atoms with van der Waals surface area (Å²) in [6.07, 6.45) is 6.62. The molecule has 0 atom stereocenters. The van der Waals surface area contributed by atoms with Gasteiger partial charge in [0.15, 0.2) is 11.5 Å². The number of para-hydroxylation sites is 1. The summed E-state index contributed by atoms with van der Waals surface area (Å²) in [7, 11) is 0. The van der Waals surface area contributed by atoms with Crippen LogP contribution < -0.4 is 14.8 Å². The van der Waals surface area contributed by atoms with Gasteiger partial charge in [0.05, 0.1) is 6.61 Å². The Bertz CT molecular complexity index is 681. The summed E-state index contributed by atoms with van der Waals surface area (Å²) >= 11 is 0. The van der Waals surface area contributed by atoms with Crippen molar-refractivity contribution >= 4 is 12.4 Å². The molecule has 27 heavy (non-hydrogen) atoms. The van der Waals surface area contributed by atoms with Crippen LogP contribution in [0.3, 0.4) is 0 Å². The van der Waals surface area contributed by atoms with Crippen molar-refractivity contribution in [2.45, 2.75) is 65.1 Å². The van der Waals surface area contributed by atoms with Gasteiger partial charge >= 0.3 is 0 Å². The van der Waals surface area contributed by atoms with Crippen LogP contribution in [0, 0.1) is 6.92 Å². The molecule has 0 radical (unpaired) electrons. The zero-order valence-corrected chi connectivity index (χ0v) is 17.3. The van der Waals surface area contributed by atoms with Crippen LogP contribution in [0.15, 0.2) is 42.5 Å². The average molecular weight is 390 g/mol. The average Bonchev–Trinajstić information content (AvgIpc) is 2.68. The van der Waals surface area contributed by atoms with Gasteiger partial charge < -0.3 is 14.8 Å². The highest BCUT2D eigenvalue weighted by molar-refractivity contribution is 5.85. The number of ether oxygens (including phenoxy) is 2. The predicted molar refractivity (Wildman–Crippen MR) is 114 cm³/mol. The SMILES string of the molecule is CCOc1cccc(CNC2CCCCC2)c1OCc1ccc(C)cc1.Cl. The van der Waals surface area contributed by atoms with Crippen molar-refractivity contribution in [1.29, 1.82) is 0 Å². The molecule has 1 saturated carbocycles. The van der Waals surface area contributed by atoms with Gasteiger partial charge in [-0.3, -0.25) is 0 Å². The number of nitrogens with one attached hydrogen (secondary N) is 1. The normalized spacial score (nSPS) is 14.4. The number of rotatable bonds is 8. The van der Waals surface area contributed by atoms with Gasteiger partial charge in [-0.05, 0) is 38.3 Å². The van der Waals surface area contributed by atoms with E-state index in [-0.39, 0.29) is 12.4 Å². The summed E-state index contributed by atoms with van der Waals surface area (Å²) < 4.78 is 12.0. The van der Waals surface area contributed by atoms with E-state index >= 15 is 0 Å². The lowest BCUT2D eigenvalue weighted by atomic mass is 9.95. The van der Waals surface area contributed by atoms with E-state index < -0.39 is 0 Å². The lowest BCUT2D eigenvalue weighted by Crippen LogP contribution is -2.30. The molecular formula is C23H32ClNO2. The van der Waals surface area contributed by atoms with Crippen LogP contribution in [0.5, 0.6) is 11.5 Å². The third-order valence-corrected chi connectivity index (χ3v) is 5.05. The van der Waals surface area contributed by atoms with Crippen LogP contribution in [-0.4, -0.2) is 12.6 Å². The monoisotopic (exact) mass is 389 g/mol. The smallest absolute Gasteiger partial charge is 0.166 e. The first-order valence-electron chi connectivity index (χ1n) is 9.92. The molecule has 148 valence electrons.